The molecule has 1 amide bonds. The van der Waals surface area contributed by atoms with Gasteiger partial charge in [0.25, 0.3) is 5.91 Å². The van der Waals surface area contributed by atoms with E-state index in [2.05, 4.69) is 16.9 Å². The topological polar surface area (TPSA) is 62.5 Å². The Hall–Kier alpha value is -2.73. The molecule has 6 heteroatoms. The number of likely N-dealkylation sites (tertiary alicyclic amines) is 1. The number of carbonyl (C=O) groups is 1. The Kier molecular flexibility index (Phi) is 4.59. The van der Waals surface area contributed by atoms with Crippen LogP contribution in [0.1, 0.15) is 52.0 Å². The van der Waals surface area contributed by atoms with Crippen LogP contribution in [0.15, 0.2) is 34.9 Å². The molecule has 150 valence electrons. The zero-order valence-corrected chi connectivity index (χ0v) is 17.0. The molecule has 29 heavy (non-hydrogen) atoms. The van der Waals surface area contributed by atoms with Gasteiger partial charge in [-0.1, -0.05) is 11.6 Å². The molecule has 0 N–H and O–H groups in total. The minimum atomic E-state index is -0.0658. The fraction of sp³-hybridized carbons (Fsp3) is 0.435. The fourth-order valence-corrected chi connectivity index (χ4v) is 4.39. The Morgan fingerprint density at radius 2 is 2.00 bits per heavy atom. The van der Waals surface area contributed by atoms with E-state index in [9.17, 15) is 4.79 Å². The smallest absolute Gasteiger partial charge is 0.289 e. The monoisotopic (exact) mass is 390 g/mol. The van der Waals surface area contributed by atoms with Gasteiger partial charge in [0.2, 0.25) is 0 Å². The Bertz CT molecular complexity index is 1070. The first kappa shape index (κ1) is 18.3. The number of nitrogens with zero attached hydrogens (tertiary/aromatic N) is 4. The molecule has 0 atom stereocenters. The van der Waals surface area contributed by atoms with Crippen molar-refractivity contribution in [3.63, 3.8) is 0 Å². The van der Waals surface area contributed by atoms with E-state index >= 15 is 0 Å². The largest absolute Gasteiger partial charge is 0.451 e. The molecule has 1 saturated heterocycles. The Morgan fingerprint density at radius 3 is 2.83 bits per heavy atom. The predicted molar refractivity (Wildman–Crippen MR) is 111 cm³/mol. The highest BCUT2D eigenvalue weighted by Crippen LogP contribution is 2.28. The van der Waals surface area contributed by atoms with Gasteiger partial charge in [-0.05, 0) is 58.1 Å². The van der Waals surface area contributed by atoms with Gasteiger partial charge >= 0.3 is 0 Å². The van der Waals surface area contributed by atoms with Crippen LogP contribution >= 0.6 is 0 Å². The van der Waals surface area contributed by atoms with Crippen LogP contribution in [0.25, 0.3) is 11.0 Å². The van der Waals surface area contributed by atoms with E-state index in [4.69, 9.17) is 9.40 Å². The number of aryl methyl sites for hydroxylation is 1. The lowest BCUT2D eigenvalue weighted by atomic mass is 9.95. The van der Waals surface area contributed by atoms with E-state index in [1.54, 1.807) is 0 Å². The molecule has 2 aliphatic rings. The molecule has 0 saturated carbocycles. The highest BCUT2D eigenvalue weighted by atomic mass is 16.3. The van der Waals surface area contributed by atoms with E-state index in [1.807, 2.05) is 42.3 Å². The first-order chi connectivity index (χ1) is 14.1. The second-order valence-corrected chi connectivity index (χ2v) is 8.41. The molecule has 3 aromatic rings. The van der Waals surface area contributed by atoms with Crippen molar-refractivity contribution in [2.75, 3.05) is 26.7 Å². The summed E-state index contributed by atoms with van der Waals surface area (Å²) in [5.41, 5.74) is 4.05. The van der Waals surface area contributed by atoms with Crippen molar-refractivity contribution in [3.8, 4) is 0 Å². The maximum Gasteiger partial charge on any atom is 0.289 e. The fourth-order valence-electron chi connectivity index (χ4n) is 4.39. The summed E-state index contributed by atoms with van der Waals surface area (Å²) in [7, 11) is 2.17. The second kappa shape index (κ2) is 7.26. The third-order valence-electron chi connectivity index (χ3n) is 6.21. The van der Waals surface area contributed by atoms with Crippen LogP contribution in [0.3, 0.4) is 0 Å². The molecule has 5 rings (SSSR count). The standard InChI is InChI=1S/C23H26N4O2/c1-15-3-4-20-17(11-15)12-21(29-20)23(28)27-10-7-19-18(14-27)13-24-22(25-19)16-5-8-26(2)9-6-16/h3-4,11-13,16H,5-10,14H2,1-2H3. The summed E-state index contributed by atoms with van der Waals surface area (Å²) in [6.45, 7) is 5.44. The minimum Gasteiger partial charge on any atom is -0.451 e. The van der Waals surface area contributed by atoms with Crippen molar-refractivity contribution in [1.29, 1.82) is 0 Å². The van der Waals surface area contributed by atoms with Crippen molar-refractivity contribution >= 4 is 16.9 Å². The van der Waals surface area contributed by atoms with Crippen LogP contribution in [0.5, 0.6) is 0 Å². The summed E-state index contributed by atoms with van der Waals surface area (Å²) >= 11 is 0. The first-order valence-corrected chi connectivity index (χ1v) is 10.4. The van der Waals surface area contributed by atoms with Gasteiger partial charge in [0.1, 0.15) is 11.4 Å². The van der Waals surface area contributed by atoms with Crippen LogP contribution in [-0.2, 0) is 13.0 Å². The number of hydrogen-bond donors (Lipinski definition) is 0. The summed E-state index contributed by atoms with van der Waals surface area (Å²) in [5.74, 6) is 1.77. The number of benzene rings is 1. The van der Waals surface area contributed by atoms with Gasteiger partial charge in [-0.3, -0.25) is 4.79 Å². The first-order valence-electron chi connectivity index (χ1n) is 10.4. The normalized spacial score (nSPS) is 18.2. The van der Waals surface area contributed by atoms with Gasteiger partial charge < -0.3 is 14.2 Å². The third kappa shape index (κ3) is 3.53. The number of aromatic nitrogens is 2. The van der Waals surface area contributed by atoms with Crippen LogP contribution in [0.2, 0.25) is 0 Å². The van der Waals surface area contributed by atoms with E-state index in [0.29, 0.717) is 24.8 Å². The SMILES string of the molecule is Cc1ccc2oc(C(=O)N3CCc4nc(C5CCN(C)CC5)ncc4C3)cc2c1. The molecular formula is C23H26N4O2. The molecule has 0 unspecified atom stereocenters. The molecule has 6 nitrogen and oxygen atoms in total. The van der Waals surface area contributed by atoms with Crippen molar-refractivity contribution in [1.82, 2.24) is 19.8 Å². The summed E-state index contributed by atoms with van der Waals surface area (Å²) in [4.78, 5) is 26.7. The number of piperidine rings is 1. The van der Waals surface area contributed by atoms with E-state index < -0.39 is 0 Å². The van der Waals surface area contributed by atoms with Crippen LogP contribution in [-0.4, -0.2) is 52.4 Å². The highest BCUT2D eigenvalue weighted by molar-refractivity contribution is 5.96. The van der Waals surface area contributed by atoms with Gasteiger partial charge in [-0.2, -0.15) is 0 Å². The van der Waals surface area contributed by atoms with E-state index in [-0.39, 0.29) is 5.91 Å². The van der Waals surface area contributed by atoms with Crippen molar-refractivity contribution in [2.45, 2.75) is 38.6 Å². The highest BCUT2D eigenvalue weighted by Gasteiger charge is 2.27. The lowest BCUT2D eigenvalue weighted by Gasteiger charge is -2.30. The number of rotatable bonds is 2. The maximum absolute atomic E-state index is 13.0. The predicted octanol–water partition coefficient (Wildman–Crippen LogP) is 3.54. The summed E-state index contributed by atoms with van der Waals surface area (Å²) in [6.07, 6.45) is 4.93. The quantitative estimate of drug-likeness (QED) is 0.670. The van der Waals surface area contributed by atoms with Crippen molar-refractivity contribution in [3.05, 3.63) is 58.9 Å². The van der Waals surface area contributed by atoms with Crippen LogP contribution < -0.4 is 0 Å². The summed E-state index contributed by atoms with van der Waals surface area (Å²) in [6, 6.07) is 7.81. The minimum absolute atomic E-state index is 0.0658. The van der Waals surface area contributed by atoms with Crippen LogP contribution in [0, 0.1) is 6.92 Å². The molecule has 1 fully saturated rings. The lowest BCUT2D eigenvalue weighted by Crippen LogP contribution is -2.36. The number of hydrogen-bond acceptors (Lipinski definition) is 5. The van der Waals surface area contributed by atoms with Gasteiger partial charge in [0, 0.05) is 42.6 Å². The molecular weight excluding hydrogens is 364 g/mol. The van der Waals surface area contributed by atoms with E-state index in [0.717, 1.165) is 66.0 Å². The zero-order valence-electron chi connectivity index (χ0n) is 17.0. The number of amides is 1. The van der Waals surface area contributed by atoms with E-state index in [1.165, 1.54) is 0 Å². The summed E-state index contributed by atoms with van der Waals surface area (Å²) in [5, 5.41) is 0.969. The summed E-state index contributed by atoms with van der Waals surface area (Å²) < 4.78 is 5.81. The molecule has 1 aromatic carbocycles. The number of carbonyl (C=O) groups excluding carboxylic acids is 1. The van der Waals surface area contributed by atoms with Gasteiger partial charge in [0.05, 0.1) is 5.69 Å². The second-order valence-electron chi connectivity index (χ2n) is 8.41. The molecule has 0 aliphatic carbocycles. The van der Waals surface area contributed by atoms with Crippen molar-refractivity contribution in [2.24, 2.45) is 0 Å². The van der Waals surface area contributed by atoms with Gasteiger partial charge in [-0.15, -0.1) is 0 Å². The molecule has 0 spiro atoms. The van der Waals surface area contributed by atoms with Gasteiger partial charge in [0.15, 0.2) is 5.76 Å². The van der Waals surface area contributed by atoms with Crippen LogP contribution in [0.4, 0.5) is 0 Å². The Morgan fingerprint density at radius 1 is 1.17 bits per heavy atom. The Balaban J connectivity index is 1.33. The molecule has 4 heterocycles. The van der Waals surface area contributed by atoms with Crippen molar-refractivity contribution < 1.29 is 9.21 Å². The zero-order chi connectivity index (χ0) is 20.0. The third-order valence-corrected chi connectivity index (χ3v) is 6.21. The number of fused-ring (bicyclic) bond motifs is 2. The molecule has 2 aromatic heterocycles. The van der Waals surface area contributed by atoms with Gasteiger partial charge in [-0.25, -0.2) is 9.97 Å². The average Bonchev–Trinajstić information content (AvgIpc) is 3.16. The molecule has 0 bridgehead atoms. The average molecular weight is 390 g/mol. The molecule has 0 radical (unpaired) electrons. The lowest BCUT2D eigenvalue weighted by molar-refractivity contribution is 0.0703. The maximum atomic E-state index is 13.0. The Labute approximate surface area is 170 Å². The molecule has 2 aliphatic heterocycles. The number of furan rings is 1.